The Balaban J connectivity index is 1.26. The molecule has 1 saturated carbocycles. The zero-order valence-corrected chi connectivity index (χ0v) is 17.1. The molecule has 4 heterocycles. The second-order valence-corrected chi connectivity index (χ2v) is 7.73. The van der Waals surface area contributed by atoms with Crippen molar-refractivity contribution in [3.05, 3.63) is 49.2 Å². The lowest BCUT2D eigenvalue weighted by atomic mass is 9.93. The van der Waals surface area contributed by atoms with E-state index in [0.717, 1.165) is 48.0 Å². The van der Waals surface area contributed by atoms with Crippen LogP contribution in [0.15, 0.2) is 49.2 Å². The summed E-state index contributed by atoms with van der Waals surface area (Å²) in [6, 6.07) is 6.56. The van der Waals surface area contributed by atoms with Gasteiger partial charge in [0.2, 0.25) is 5.95 Å². The fraction of sp³-hybridized carbons (Fsp3) is 0.409. The minimum Gasteiger partial charge on any atom is -0.382 e. The van der Waals surface area contributed by atoms with E-state index in [1.165, 1.54) is 0 Å². The van der Waals surface area contributed by atoms with E-state index in [1.807, 2.05) is 33.6 Å². The molecule has 0 spiro atoms. The number of aromatic nitrogens is 5. The van der Waals surface area contributed by atoms with Crippen molar-refractivity contribution in [2.45, 2.75) is 37.8 Å². The summed E-state index contributed by atoms with van der Waals surface area (Å²) in [4.78, 5) is 8.89. The molecule has 8 nitrogen and oxygen atoms in total. The molecule has 0 atom stereocenters. The van der Waals surface area contributed by atoms with E-state index >= 15 is 0 Å². The maximum absolute atomic E-state index is 5.85. The van der Waals surface area contributed by atoms with Crippen molar-refractivity contribution < 1.29 is 9.47 Å². The molecule has 1 N–H and O–H groups in total. The lowest BCUT2D eigenvalue weighted by Crippen LogP contribution is -2.31. The molecular weight excluding hydrogens is 380 g/mol. The van der Waals surface area contributed by atoms with Crippen LogP contribution in [0.4, 0.5) is 5.95 Å². The molecule has 1 aliphatic rings. The van der Waals surface area contributed by atoms with E-state index < -0.39 is 0 Å². The van der Waals surface area contributed by atoms with Crippen LogP contribution in [-0.4, -0.2) is 56.5 Å². The predicted molar refractivity (Wildman–Crippen MR) is 115 cm³/mol. The van der Waals surface area contributed by atoms with Gasteiger partial charge in [-0.2, -0.15) is 0 Å². The SMILES string of the molecule is COCCO[C@H]1CC[C@H](Nc2ncc3c(-c4ccc5nccn5c4)ccn3n2)CC1. The van der Waals surface area contributed by atoms with Gasteiger partial charge in [-0.1, -0.05) is 0 Å². The molecule has 0 amide bonds. The molecule has 4 aromatic heterocycles. The molecule has 4 aromatic rings. The lowest BCUT2D eigenvalue weighted by Gasteiger charge is -2.29. The summed E-state index contributed by atoms with van der Waals surface area (Å²) >= 11 is 0. The summed E-state index contributed by atoms with van der Waals surface area (Å²) in [5.41, 5.74) is 4.13. The van der Waals surface area contributed by atoms with E-state index in [2.05, 4.69) is 38.7 Å². The van der Waals surface area contributed by atoms with Crippen LogP contribution in [-0.2, 0) is 9.47 Å². The van der Waals surface area contributed by atoms with Crippen molar-refractivity contribution in [1.29, 1.82) is 0 Å². The van der Waals surface area contributed by atoms with Crippen molar-refractivity contribution in [3.8, 4) is 11.1 Å². The second-order valence-electron chi connectivity index (χ2n) is 7.73. The van der Waals surface area contributed by atoms with Crippen LogP contribution >= 0.6 is 0 Å². The summed E-state index contributed by atoms with van der Waals surface area (Å²) < 4.78 is 14.8. The van der Waals surface area contributed by atoms with Crippen molar-refractivity contribution >= 4 is 17.1 Å². The molecular formula is C22H26N6O2. The maximum atomic E-state index is 5.85. The normalized spacial score (nSPS) is 19.5. The van der Waals surface area contributed by atoms with Gasteiger partial charge in [0.15, 0.2) is 0 Å². The van der Waals surface area contributed by atoms with Crippen LogP contribution in [0, 0.1) is 0 Å². The quantitative estimate of drug-likeness (QED) is 0.474. The van der Waals surface area contributed by atoms with Crippen molar-refractivity contribution in [2.24, 2.45) is 0 Å². The molecule has 1 fully saturated rings. The monoisotopic (exact) mass is 406 g/mol. The third-order valence-electron chi connectivity index (χ3n) is 5.76. The Morgan fingerprint density at radius 1 is 1.07 bits per heavy atom. The smallest absolute Gasteiger partial charge is 0.241 e. The third-order valence-corrected chi connectivity index (χ3v) is 5.76. The number of pyridine rings is 1. The van der Waals surface area contributed by atoms with Gasteiger partial charge in [0, 0.05) is 49.1 Å². The molecule has 0 saturated heterocycles. The molecule has 8 heteroatoms. The number of hydrogen-bond donors (Lipinski definition) is 1. The Kier molecular flexibility index (Phi) is 5.33. The molecule has 0 aliphatic heterocycles. The molecule has 0 aromatic carbocycles. The zero-order valence-electron chi connectivity index (χ0n) is 17.1. The first kappa shape index (κ1) is 19.0. The van der Waals surface area contributed by atoms with Gasteiger partial charge in [0.25, 0.3) is 0 Å². The topological polar surface area (TPSA) is 78.0 Å². The van der Waals surface area contributed by atoms with Crippen LogP contribution in [0.2, 0.25) is 0 Å². The van der Waals surface area contributed by atoms with E-state index in [9.17, 15) is 0 Å². The van der Waals surface area contributed by atoms with Crippen LogP contribution in [0.1, 0.15) is 25.7 Å². The highest BCUT2D eigenvalue weighted by Crippen LogP contribution is 2.27. The van der Waals surface area contributed by atoms with Crippen LogP contribution in [0.5, 0.6) is 0 Å². The second kappa shape index (κ2) is 8.41. The van der Waals surface area contributed by atoms with Crippen LogP contribution < -0.4 is 5.32 Å². The van der Waals surface area contributed by atoms with E-state index in [-0.39, 0.29) is 0 Å². The molecule has 5 rings (SSSR count). The highest BCUT2D eigenvalue weighted by molar-refractivity contribution is 5.80. The van der Waals surface area contributed by atoms with E-state index in [4.69, 9.17) is 9.47 Å². The van der Waals surface area contributed by atoms with Crippen molar-refractivity contribution in [2.75, 3.05) is 25.6 Å². The largest absolute Gasteiger partial charge is 0.382 e. The summed E-state index contributed by atoms with van der Waals surface area (Å²) in [6.45, 7) is 1.32. The lowest BCUT2D eigenvalue weighted by molar-refractivity contribution is -0.00158. The summed E-state index contributed by atoms with van der Waals surface area (Å²) in [7, 11) is 1.70. The summed E-state index contributed by atoms with van der Waals surface area (Å²) in [5.74, 6) is 0.665. The number of methoxy groups -OCH3 is 1. The Hall–Kier alpha value is -2.97. The fourth-order valence-electron chi connectivity index (χ4n) is 4.14. The van der Waals surface area contributed by atoms with Gasteiger partial charge in [-0.05, 0) is 43.9 Å². The van der Waals surface area contributed by atoms with Gasteiger partial charge < -0.3 is 19.2 Å². The number of fused-ring (bicyclic) bond motifs is 2. The Morgan fingerprint density at radius 2 is 1.97 bits per heavy atom. The zero-order chi connectivity index (χ0) is 20.3. The highest BCUT2D eigenvalue weighted by atomic mass is 16.5. The van der Waals surface area contributed by atoms with Gasteiger partial charge >= 0.3 is 0 Å². The van der Waals surface area contributed by atoms with Gasteiger partial charge in [-0.25, -0.2) is 14.5 Å². The summed E-state index contributed by atoms with van der Waals surface area (Å²) in [5, 5.41) is 8.17. The van der Waals surface area contributed by atoms with E-state index in [0.29, 0.717) is 31.3 Å². The minimum absolute atomic E-state index is 0.335. The Morgan fingerprint density at radius 3 is 2.83 bits per heavy atom. The van der Waals surface area contributed by atoms with Crippen molar-refractivity contribution in [3.63, 3.8) is 0 Å². The fourth-order valence-corrected chi connectivity index (χ4v) is 4.14. The Labute approximate surface area is 174 Å². The number of nitrogens with one attached hydrogen (secondary N) is 1. The Bertz CT molecular complexity index is 1130. The minimum atomic E-state index is 0.335. The number of ether oxygens (including phenoxy) is 2. The predicted octanol–water partition coefficient (Wildman–Crippen LogP) is 3.43. The molecule has 0 bridgehead atoms. The average molecular weight is 406 g/mol. The maximum Gasteiger partial charge on any atom is 0.241 e. The van der Waals surface area contributed by atoms with Crippen LogP contribution in [0.3, 0.4) is 0 Å². The molecule has 0 unspecified atom stereocenters. The third kappa shape index (κ3) is 3.88. The van der Waals surface area contributed by atoms with Gasteiger partial charge in [0.05, 0.1) is 31.0 Å². The average Bonchev–Trinajstić information content (AvgIpc) is 3.41. The van der Waals surface area contributed by atoms with Crippen molar-refractivity contribution in [1.82, 2.24) is 24.0 Å². The highest BCUT2D eigenvalue weighted by Gasteiger charge is 2.22. The number of anilines is 1. The van der Waals surface area contributed by atoms with E-state index in [1.54, 1.807) is 13.3 Å². The number of nitrogens with zero attached hydrogens (tertiary/aromatic N) is 5. The van der Waals surface area contributed by atoms with Gasteiger partial charge in [-0.15, -0.1) is 5.10 Å². The number of rotatable bonds is 7. The summed E-state index contributed by atoms with van der Waals surface area (Å²) in [6.07, 6.45) is 14.3. The van der Waals surface area contributed by atoms with Gasteiger partial charge in [0.1, 0.15) is 5.65 Å². The first-order valence-electron chi connectivity index (χ1n) is 10.4. The number of hydrogen-bond acceptors (Lipinski definition) is 6. The van der Waals surface area contributed by atoms with Gasteiger partial charge in [-0.3, -0.25) is 0 Å². The molecule has 30 heavy (non-hydrogen) atoms. The molecule has 1 aliphatic carbocycles. The molecule has 0 radical (unpaired) electrons. The standard InChI is InChI=1S/C22H26N6O2/c1-29-12-13-30-18-5-3-17(4-6-18)25-22-24-14-20-19(8-10-28(20)26-22)16-2-7-21-23-9-11-27(21)15-16/h2,7-11,14-15,17-18H,3-6,12-13H2,1H3,(H,25,26)/t17-,18-. The first-order valence-corrected chi connectivity index (χ1v) is 10.4. The van der Waals surface area contributed by atoms with Crippen LogP contribution in [0.25, 0.3) is 22.3 Å². The first-order chi connectivity index (χ1) is 14.8. The number of imidazole rings is 1. The molecule has 156 valence electrons.